The fourth-order valence-corrected chi connectivity index (χ4v) is 5.56. The third-order valence-corrected chi connectivity index (χ3v) is 7.48. The molecule has 1 aromatic rings. The van der Waals surface area contributed by atoms with Gasteiger partial charge in [-0.1, -0.05) is 26.0 Å². The van der Waals surface area contributed by atoms with E-state index in [4.69, 9.17) is 0 Å². The molecule has 148 valence electrons. The number of carbonyl (C=O) groups excluding carboxylic acids is 1. The molecule has 0 bridgehead atoms. The molecule has 1 amide bonds. The van der Waals surface area contributed by atoms with E-state index >= 15 is 0 Å². The van der Waals surface area contributed by atoms with Crippen LogP contribution in [0.1, 0.15) is 43.5 Å². The highest BCUT2D eigenvalue weighted by Crippen LogP contribution is 2.32. The van der Waals surface area contributed by atoms with Crippen LogP contribution >= 0.6 is 0 Å². The number of sulfonamides is 1. The number of aromatic carboxylic acids is 1. The number of nitrogens with zero attached hydrogens (tertiary/aromatic N) is 2. The Morgan fingerprint density at radius 3 is 2.30 bits per heavy atom. The molecule has 2 heterocycles. The molecular formula is C19H26N2O5S. The first-order chi connectivity index (χ1) is 12.6. The van der Waals surface area contributed by atoms with Gasteiger partial charge in [0.25, 0.3) is 0 Å². The second-order valence-corrected chi connectivity index (χ2v) is 10.1. The van der Waals surface area contributed by atoms with Gasteiger partial charge in [0.05, 0.1) is 10.5 Å². The van der Waals surface area contributed by atoms with Crippen molar-refractivity contribution in [3.63, 3.8) is 0 Å². The SMILES string of the molecule is CC1(C)CCN(C(=O)C2CCN(S(=O)(=O)c3ccccc3C(=O)O)CC2)C1. The Balaban J connectivity index is 1.69. The zero-order chi connectivity index (χ0) is 19.8. The molecule has 0 aliphatic carbocycles. The van der Waals surface area contributed by atoms with Crippen LogP contribution in [0, 0.1) is 11.3 Å². The van der Waals surface area contributed by atoms with Crippen molar-refractivity contribution in [2.45, 2.75) is 38.0 Å². The van der Waals surface area contributed by atoms with Crippen LogP contribution in [-0.4, -0.2) is 60.8 Å². The molecule has 0 unspecified atom stereocenters. The number of carbonyl (C=O) groups is 2. The van der Waals surface area contributed by atoms with Crippen molar-refractivity contribution >= 4 is 21.9 Å². The zero-order valence-electron chi connectivity index (χ0n) is 15.7. The lowest BCUT2D eigenvalue weighted by molar-refractivity contribution is -0.136. The normalized spacial score (nSPS) is 21.3. The third-order valence-electron chi connectivity index (χ3n) is 5.53. The predicted octanol–water partition coefficient (Wildman–Crippen LogP) is 2.04. The Labute approximate surface area is 160 Å². The lowest BCUT2D eigenvalue weighted by Gasteiger charge is -2.33. The van der Waals surface area contributed by atoms with Gasteiger partial charge in [-0.15, -0.1) is 0 Å². The quantitative estimate of drug-likeness (QED) is 0.843. The van der Waals surface area contributed by atoms with Crippen LogP contribution in [0.5, 0.6) is 0 Å². The molecule has 2 fully saturated rings. The molecule has 3 rings (SSSR count). The number of likely N-dealkylation sites (tertiary alicyclic amines) is 1. The van der Waals surface area contributed by atoms with Crippen molar-refractivity contribution < 1.29 is 23.1 Å². The highest BCUT2D eigenvalue weighted by atomic mass is 32.2. The Morgan fingerprint density at radius 2 is 1.74 bits per heavy atom. The number of rotatable bonds is 4. The topological polar surface area (TPSA) is 95.0 Å². The number of hydrogen-bond acceptors (Lipinski definition) is 4. The summed E-state index contributed by atoms with van der Waals surface area (Å²) >= 11 is 0. The Morgan fingerprint density at radius 1 is 1.11 bits per heavy atom. The molecular weight excluding hydrogens is 368 g/mol. The van der Waals surface area contributed by atoms with Gasteiger partial charge >= 0.3 is 5.97 Å². The lowest BCUT2D eigenvalue weighted by atomic mass is 9.93. The van der Waals surface area contributed by atoms with E-state index in [1.165, 1.54) is 28.6 Å². The van der Waals surface area contributed by atoms with Crippen LogP contribution in [0.4, 0.5) is 0 Å². The van der Waals surface area contributed by atoms with E-state index < -0.39 is 16.0 Å². The monoisotopic (exact) mass is 394 g/mol. The number of carboxylic acid groups (broad SMARTS) is 1. The predicted molar refractivity (Wildman–Crippen MR) is 99.9 cm³/mol. The first-order valence-electron chi connectivity index (χ1n) is 9.23. The summed E-state index contributed by atoms with van der Waals surface area (Å²) < 4.78 is 27.1. The first-order valence-corrected chi connectivity index (χ1v) is 10.7. The molecule has 2 aliphatic heterocycles. The Hall–Kier alpha value is -1.93. The molecule has 1 aromatic carbocycles. The summed E-state index contributed by atoms with van der Waals surface area (Å²) in [5.74, 6) is -1.32. The van der Waals surface area contributed by atoms with Gasteiger partial charge in [-0.3, -0.25) is 4.79 Å². The van der Waals surface area contributed by atoms with Gasteiger partial charge in [-0.05, 0) is 36.8 Å². The summed E-state index contributed by atoms with van der Waals surface area (Å²) in [6.07, 6.45) is 1.91. The fraction of sp³-hybridized carbons (Fsp3) is 0.579. The van der Waals surface area contributed by atoms with Gasteiger partial charge < -0.3 is 10.0 Å². The summed E-state index contributed by atoms with van der Waals surface area (Å²) in [4.78, 5) is 25.8. The highest BCUT2D eigenvalue weighted by Gasteiger charge is 2.38. The lowest BCUT2D eigenvalue weighted by Crippen LogP contribution is -2.44. The molecule has 8 heteroatoms. The summed E-state index contributed by atoms with van der Waals surface area (Å²) in [7, 11) is -3.90. The zero-order valence-corrected chi connectivity index (χ0v) is 16.5. The summed E-state index contributed by atoms with van der Waals surface area (Å²) in [6, 6.07) is 5.64. The minimum absolute atomic E-state index is 0.114. The van der Waals surface area contributed by atoms with Gasteiger partial charge in [0, 0.05) is 32.1 Å². The minimum Gasteiger partial charge on any atom is -0.478 e. The number of amides is 1. The number of piperidine rings is 1. The van der Waals surface area contributed by atoms with E-state index in [0.29, 0.717) is 12.8 Å². The maximum Gasteiger partial charge on any atom is 0.337 e. The van der Waals surface area contributed by atoms with Crippen molar-refractivity contribution in [1.29, 1.82) is 0 Å². The van der Waals surface area contributed by atoms with E-state index in [2.05, 4.69) is 13.8 Å². The Bertz CT molecular complexity index is 841. The molecule has 0 atom stereocenters. The number of benzene rings is 1. The summed E-state index contributed by atoms with van der Waals surface area (Å²) in [5, 5.41) is 9.27. The molecule has 2 aliphatic rings. The molecule has 0 saturated carbocycles. The number of carboxylic acids is 1. The van der Waals surface area contributed by atoms with Crippen LogP contribution < -0.4 is 0 Å². The smallest absolute Gasteiger partial charge is 0.337 e. The van der Waals surface area contributed by atoms with E-state index in [9.17, 15) is 23.1 Å². The molecule has 1 N–H and O–H groups in total. The average Bonchev–Trinajstić information content (AvgIpc) is 3.01. The maximum absolute atomic E-state index is 12.9. The fourth-order valence-electron chi connectivity index (χ4n) is 3.91. The minimum atomic E-state index is -3.90. The van der Waals surface area contributed by atoms with E-state index in [0.717, 1.165) is 19.5 Å². The van der Waals surface area contributed by atoms with Crippen molar-refractivity contribution in [3.05, 3.63) is 29.8 Å². The second kappa shape index (κ2) is 7.24. The molecule has 0 spiro atoms. The van der Waals surface area contributed by atoms with Gasteiger partial charge in [0.15, 0.2) is 0 Å². The van der Waals surface area contributed by atoms with E-state index in [-0.39, 0.29) is 40.8 Å². The Kier molecular flexibility index (Phi) is 5.31. The van der Waals surface area contributed by atoms with Crippen LogP contribution in [0.2, 0.25) is 0 Å². The second-order valence-electron chi connectivity index (χ2n) is 8.15. The number of hydrogen-bond donors (Lipinski definition) is 1. The standard InChI is InChI=1S/C19H26N2O5S/c1-19(2)9-12-20(13-19)17(22)14-7-10-21(11-8-14)27(25,26)16-6-4-3-5-15(16)18(23)24/h3-6,14H,7-13H2,1-2H3,(H,23,24). The van der Waals surface area contributed by atoms with Crippen LogP contribution in [0.15, 0.2) is 29.2 Å². The van der Waals surface area contributed by atoms with Crippen LogP contribution in [0.25, 0.3) is 0 Å². The summed E-state index contributed by atoms with van der Waals surface area (Å²) in [6.45, 7) is 6.26. The molecule has 27 heavy (non-hydrogen) atoms. The van der Waals surface area contributed by atoms with Crippen LogP contribution in [-0.2, 0) is 14.8 Å². The van der Waals surface area contributed by atoms with Gasteiger partial charge in [-0.25, -0.2) is 13.2 Å². The van der Waals surface area contributed by atoms with Crippen molar-refractivity contribution in [3.8, 4) is 0 Å². The highest BCUT2D eigenvalue weighted by molar-refractivity contribution is 7.89. The van der Waals surface area contributed by atoms with Gasteiger partial charge in [0.2, 0.25) is 15.9 Å². The first kappa shape index (κ1) is 19.8. The van der Waals surface area contributed by atoms with Gasteiger partial charge in [0.1, 0.15) is 0 Å². The van der Waals surface area contributed by atoms with Crippen molar-refractivity contribution in [2.75, 3.05) is 26.2 Å². The molecule has 2 saturated heterocycles. The molecule has 0 aromatic heterocycles. The van der Waals surface area contributed by atoms with Crippen LogP contribution in [0.3, 0.4) is 0 Å². The van der Waals surface area contributed by atoms with Crippen molar-refractivity contribution in [2.24, 2.45) is 11.3 Å². The summed E-state index contributed by atoms with van der Waals surface area (Å²) in [5.41, 5.74) is -0.0877. The maximum atomic E-state index is 12.9. The molecule has 0 radical (unpaired) electrons. The third kappa shape index (κ3) is 4.01. The molecule has 7 nitrogen and oxygen atoms in total. The average molecular weight is 394 g/mol. The van der Waals surface area contributed by atoms with E-state index in [1.807, 2.05) is 4.90 Å². The van der Waals surface area contributed by atoms with Gasteiger partial charge in [-0.2, -0.15) is 4.31 Å². The van der Waals surface area contributed by atoms with Crippen molar-refractivity contribution in [1.82, 2.24) is 9.21 Å². The van der Waals surface area contributed by atoms with E-state index in [1.54, 1.807) is 0 Å². The largest absolute Gasteiger partial charge is 0.478 e.